The molecule has 6 rings (SSSR count). The molecule has 178 valence electrons. The van der Waals surface area contributed by atoms with Crippen LogP contribution in [0.1, 0.15) is 19.4 Å². The Morgan fingerprint density at radius 2 is 1.78 bits per heavy atom. The van der Waals surface area contributed by atoms with Crippen LogP contribution in [0.5, 0.6) is 5.75 Å². The van der Waals surface area contributed by atoms with Crippen LogP contribution in [0.15, 0.2) is 83.1 Å². The van der Waals surface area contributed by atoms with Gasteiger partial charge in [0.1, 0.15) is 11.4 Å². The average Bonchev–Trinajstić information content (AvgIpc) is 3.67. The van der Waals surface area contributed by atoms with Crippen molar-refractivity contribution in [3.63, 3.8) is 0 Å². The zero-order valence-electron chi connectivity index (χ0n) is 19.5. The van der Waals surface area contributed by atoms with Crippen molar-refractivity contribution in [1.29, 1.82) is 0 Å². The minimum atomic E-state index is -0.190. The number of aromatic nitrogens is 5. The van der Waals surface area contributed by atoms with Gasteiger partial charge < -0.3 is 4.74 Å². The molecule has 0 amide bonds. The Bertz CT molecular complexity index is 1750. The summed E-state index contributed by atoms with van der Waals surface area (Å²) in [5.41, 5.74) is 3.27. The van der Waals surface area contributed by atoms with Gasteiger partial charge in [-0.15, -0.1) is 16.4 Å². The van der Waals surface area contributed by atoms with E-state index in [-0.39, 0.29) is 11.7 Å². The molecule has 0 spiro atoms. The quantitative estimate of drug-likeness (QED) is 0.312. The number of rotatable bonds is 6. The van der Waals surface area contributed by atoms with Crippen molar-refractivity contribution in [2.75, 3.05) is 0 Å². The van der Waals surface area contributed by atoms with Crippen LogP contribution in [0.2, 0.25) is 0 Å². The predicted molar refractivity (Wildman–Crippen MR) is 144 cm³/mol. The molecule has 9 heteroatoms. The number of thiophene rings is 1. The highest BCUT2D eigenvalue weighted by Crippen LogP contribution is 2.27. The number of hydrogen-bond donors (Lipinski definition) is 0. The normalized spacial score (nSPS) is 12.1. The van der Waals surface area contributed by atoms with E-state index in [1.807, 2.05) is 103 Å². The Kier molecular flexibility index (Phi) is 5.71. The number of hydrogen-bond acceptors (Lipinski definition) is 7. The largest absolute Gasteiger partial charge is 0.491 e. The van der Waals surface area contributed by atoms with Gasteiger partial charge in [-0.2, -0.15) is 14.6 Å². The van der Waals surface area contributed by atoms with E-state index in [1.165, 1.54) is 15.9 Å². The van der Waals surface area contributed by atoms with Gasteiger partial charge in [-0.05, 0) is 67.8 Å². The summed E-state index contributed by atoms with van der Waals surface area (Å²) in [6.07, 6.45) is 3.91. The van der Waals surface area contributed by atoms with Gasteiger partial charge in [-0.3, -0.25) is 4.79 Å². The van der Waals surface area contributed by atoms with Crippen LogP contribution < -0.4 is 14.8 Å². The highest BCUT2D eigenvalue weighted by atomic mass is 32.1. The molecule has 0 bridgehead atoms. The molecule has 0 atom stereocenters. The van der Waals surface area contributed by atoms with Crippen molar-refractivity contribution in [3.05, 3.63) is 98.8 Å². The molecular formula is C27H21N5O2S2. The lowest BCUT2D eigenvalue weighted by atomic mass is 10.1. The smallest absolute Gasteiger partial charge is 0.291 e. The zero-order valence-corrected chi connectivity index (χ0v) is 21.2. The highest BCUT2D eigenvalue weighted by molar-refractivity contribution is 7.15. The van der Waals surface area contributed by atoms with Gasteiger partial charge in [0.25, 0.3) is 5.56 Å². The van der Waals surface area contributed by atoms with Crippen molar-refractivity contribution in [1.82, 2.24) is 24.4 Å². The molecule has 0 aliphatic rings. The van der Waals surface area contributed by atoms with Crippen molar-refractivity contribution in [3.8, 4) is 33.4 Å². The molecule has 4 heterocycles. The summed E-state index contributed by atoms with van der Waals surface area (Å²) in [4.78, 5) is 19.3. The van der Waals surface area contributed by atoms with Gasteiger partial charge in [0.15, 0.2) is 5.82 Å². The van der Waals surface area contributed by atoms with Crippen molar-refractivity contribution >= 4 is 33.7 Å². The number of ether oxygens (including phenoxy) is 1. The molecule has 36 heavy (non-hydrogen) atoms. The summed E-state index contributed by atoms with van der Waals surface area (Å²) in [6, 6.07) is 21.6. The van der Waals surface area contributed by atoms with Gasteiger partial charge >= 0.3 is 0 Å². The Morgan fingerprint density at radius 3 is 2.47 bits per heavy atom. The second-order valence-corrected chi connectivity index (χ2v) is 10.4. The lowest BCUT2D eigenvalue weighted by Gasteiger charge is -2.09. The first-order chi connectivity index (χ1) is 17.5. The Hall–Kier alpha value is -4.08. The van der Waals surface area contributed by atoms with Crippen molar-refractivity contribution in [2.24, 2.45) is 0 Å². The van der Waals surface area contributed by atoms with Gasteiger partial charge in [-0.1, -0.05) is 35.6 Å². The molecule has 0 radical (unpaired) electrons. The summed E-state index contributed by atoms with van der Waals surface area (Å²) in [5.74, 6) is 1.37. The molecule has 0 fully saturated rings. The SMILES string of the molecule is CC(C)Oc1ccc(-c2nn(-c3ccccc3)cc2C=c2sc3nc(-c4cccs4)nn3c2=O)cc1. The molecule has 0 saturated carbocycles. The first kappa shape index (κ1) is 22.4. The van der Waals surface area contributed by atoms with E-state index in [4.69, 9.17) is 9.84 Å². The van der Waals surface area contributed by atoms with Crippen LogP contribution in [-0.2, 0) is 0 Å². The van der Waals surface area contributed by atoms with Crippen LogP contribution in [-0.4, -0.2) is 30.5 Å². The fraction of sp³-hybridized carbons (Fsp3) is 0.111. The average molecular weight is 512 g/mol. The third kappa shape index (κ3) is 4.23. The maximum Gasteiger partial charge on any atom is 0.291 e. The molecule has 4 aromatic heterocycles. The van der Waals surface area contributed by atoms with Crippen LogP contribution in [0, 0.1) is 0 Å². The number of benzene rings is 2. The number of para-hydroxylation sites is 1. The van der Waals surface area contributed by atoms with Crippen LogP contribution in [0.4, 0.5) is 0 Å². The minimum absolute atomic E-state index is 0.0965. The predicted octanol–water partition coefficient (Wildman–Crippen LogP) is 5.07. The Morgan fingerprint density at radius 1 is 0.972 bits per heavy atom. The summed E-state index contributed by atoms with van der Waals surface area (Å²) >= 11 is 2.87. The molecule has 0 aliphatic heterocycles. The maximum atomic E-state index is 13.2. The maximum absolute atomic E-state index is 13.2. The standard InChI is InChI=1S/C27H21N5O2S2/c1-17(2)34-21-12-10-18(11-13-21)24-19(16-31(29-24)20-7-4-3-5-8-20)15-23-26(33)32-27(36-23)28-25(30-32)22-9-6-14-35-22/h3-17H,1-2H3. The van der Waals surface area contributed by atoms with E-state index in [9.17, 15) is 4.79 Å². The molecule has 7 nitrogen and oxygen atoms in total. The summed E-state index contributed by atoms with van der Waals surface area (Å²) in [6.45, 7) is 4.00. The highest BCUT2D eigenvalue weighted by Gasteiger charge is 2.15. The number of fused-ring (bicyclic) bond motifs is 1. The Balaban J connectivity index is 1.46. The van der Waals surface area contributed by atoms with Gasteiger partial charge in [0.2, 0.25) is 4.96 Å². The number of nitrogens with zero attached hydrogens (tertiary/aromatic N) is 5. The van der Waals surface area contributed by atoms with Crippen molar-refractivity contribution < 1.29 is 4.74 Å². The first-order valence-corrected chi connectivity index (χ1v) is 13.1. The van der Waals surface area contributed by atoms with Crippen molar-refractivity contribution in [2.45, 2.75) is 20.0 Å². The lowest BCUT2D eigenvalue weighted by Crippen LogP contribution is -2.23. The van der Waals surface area contributed by atoms with E-state index in [1.54, 1.807) is 11.3 Å². The second-order valence-electron chi connectivity index (χ2n) is 8.43. The fourth-order valence-corrected chi connectivity index (χ4v) is 5.43. The summed E-state index contributed by atoms with van der Waals surface area (Å²) < 4.78 is 9.55. The third-order valence-corrected chi connectivity index (χ3v) is 7.30. The molecule has 0 N–H and O–H groups in total. The Labute approximate surface area is 214 Å². The van der Waals surface area contributed by atoms with Crippen LogP contribution in [0.3, 0.4) is 0 Å². The molecule has 6 aromatic rings. The molecular weight excluding hydrogens is 490 g/mol. The molecule has 0 unspecified atom stereocenters. The lowest BCUT2D eigenvalue weighted by molar-refractivity contribution is 0.242. The van der Waals surface area contributed by atoms with E-state index >= 15 is 0 Å². The zero-order chi connectivity index (χ0) is 24.6. The van der Waals surface area contributed by atoms with Crippen LogP contribution >= 0.6 is 22.7 Å². The summed E-state index contributed by atoms with van der Waals surface area (Å²) in [5, 5.41) is 11.3. The monoisotopic (exact) mass is 511 g/mol. The van der Waals surface area contributed by atoms with E-state index in [2.05, 4.69) is 10.1 Å². The molecule has 2 aromatic carbocycles. The number of thiazole rings is 1. The third-order valence-electron chi connectivity index (χ3n) is 5.47. The molecule has 0 aliphatic carbocycles. The van der Waals surface area contributed by atoms with E-state index in [0.717, 1.165) is 33.1 Å². The van der Waals surface area contributed by atoms with E-state index < -0.39 is 0 Å². The van der Waals surface area contributed by atoms with Gasteiger partial charge in [-0.25, -0.2) is 4.68 Å². The van der Waals surface area contributed by atoms with Gasteiger partial charge in [0, 0.05) is 17.3 Å². The molecule has 0 saturated heterocycles. The van der Waals surface area contributed by atoms with Crippen LogP contribution in [0.25, 0.3) is 38.7 Å². The van der Waals surface area contributed by atoms with E-state index in [0.29, 0.717) is 15.3 Å². The first-order valence-electron chi connectivity index (χ1n) is 11.4. The second kappa shape index (κ2) is 9.18. The van der Waals surface area contributed by atoms with Gasteiger partial charge in [0.05, 0.1) is 21.2 Å². The fourth-order valence-electron chi connectivity index (χ4n) is 3.88. The topological polar surface area (TPSA) is 74.3 Å². The summed E-state index contributed by atoms with van der Waals surface area (Å²) in [7, 11) is 0. The minimum Gasteiger partial charge on any atom is -0.491 e.